The lowest BCUT2D eigenvalue weighted by atomic mass is 10.1. The molecular weight excluding hydrogens is 429 g/mol. The predicted molar refractivity (Wildman–Crippen MR) is 111 cm³/mol. The number of nitro groups is 1. The van der Waals surface area contributed by atoms with Gasteiger partial charge in [-0.3, -0.25) is 24.7 Å². The third-order valence-corrected chi connectivity index (χ3v) is 5.26. The van der Waals surface area contributed by atoms with Crippen molar-refractivity contribution < 1.29 is 27.6 Å². The first kappa shape index (κ1) is 23.5. The molecule has 32 heavy (non-hydrogen) atoms. The summed E-state index contributed by atoms with van der Waals surface area (Å²) < 4.78 is 40.6. The van der Waals surface area contributed by atoms with Crippen molar-refractivity contribution in [3.63, 3.8) is 0 Å². The number of carbonyl (C=O) groups is 1. The Hall–Kier alpha value is -3.18. The maximum atomic E-state index is 12.6. The van der Waals surface area contributed by atoms with Crippen molar-refractivity contribution in [3.8, 4) is 5.75 Å². The second-order valence-corrected chi connectivity index (χ2v) is 7.44. The van der Waals surface area contributed by atoms with Gasteiger partial charge in [0.2, 0.25) is 5.91 Å². The van der Waals surface area contributed by atoms with E-state index in [1.165, 1.54) is 30.3 Å². The van der Waals surface area contributed by atoms with E-state index < -0.39 is 17.3 Å². The minimum absolute atomic E-state index is 0.158. The lowest BCUT2D eigenvalue weighted by Crippen LogP contribution is -2.52. The summed E-state index contributed by atoms with van der Waals surface area (Å²) in [6.45, 7) is 4.88. The van der Waals surface area contributed by atoms with Crippen LogP contribution in [-0.2, 0) is 11.3 Å². The van der Waals surface area contributed by atoms with Crippen molar-refractivity contribution >= 4 is 17.3 Å². The molecule has 2 aromatic rings. The minimum Gasteiger partial charge on any atom is -0.406 e. The van der Waals surface area contributed by atoms with Crippen LogP contribution < -0.4 is 10.1 Å². The number of benzene rings is 2. The van der Waals surface area contributed by atoms with Crippen LogP contribution in [0, 0.1) is 10.1 Å². The summed E-state index contributed by atoms with van der Waals surface area (Å²) in [6.07, 6.45) is -4.72. The standard InChI is InChI=1S/C21H23F3N4O4/c1-15(20(29)25-18-4-2-3-5-19(18)28(30)31)27-12-10-26(11-13-27)14-16-6-8-17(9-7-16)32-21(22,23)24/h2-9,15H,10-14H2,1H3,(H,25,29). The van der Waals surface area contributed by atoms with Gasteiger partial charge in [-0.1, -0.05) is 24.3 Å². The number of para-hydroxylation sites is 2. The quantitative estimate of drug-likeness (QED) is 0.510. The van der Waals surface area contributed by atoms with E-state index in [4.69, 9.17) is 0 Å². The number of ether oxygens (including phenoxy) is 1. The zero-order valence-corrected chi connectivity index (χ0v) is 17.3. The second kappa shape index (κ2) is 9.96. The molecule has 1 atom stereocenters. The van der Waals surface area contributed by atoms with Crippen molar-refractivity contribution in [1.82, 2.24) is 9.80 Å². The molecule has 172 valence electrons. The third-order valence-electron chi connectivity index (χ3n) is 5.26. The lowest BCUT2D eigenvalue weighted by molar-refractivity contribution is -0.383. The highest BCUT2D eigenvalue weighted by atomic mass is 19.4. The Morgan fingerprint density at radius 1 is 1.12 bits per heavy atom. The Kier molecular flexibility index (Phi) is 7.31. The van der Waals surface area contributed by atoms with Gasteiger partial charge < -0.3 is 10.1 Å². The van der Waals surface area contributed by atoms with E-state index in [1.807, 2.05) is 4.90 Å². The SMILES string of the molecule is CC(C(=O)Nc1ccccc1[N+](=O)[O-])N1CCN(Cc2ccc(OC(F)(F)F)cc2)CC1. The number of anilines is 1. The van der Waals surface area contributed by atoms with Crippen LogP contribution in [0.25, 0.3) is 0 Å². The number of nitrogens with one attached hydrogen (secondary N) is 1. The predicted octanol–water partition coefficient (Wildman–Crippen LogP) is 3.64. The smallest absolute Gasteiger partial charge is 0.406 e. The number of nitrogens with zero attached hydrogens (tertiary/aromatic N) is 3. The van der Waals surface area contributed by atoms with E-state index in [9.17, 15) is 28.1 Å². The van der Waals surface area contributed by atoms with Crippen LogP contribution in [0.5, 0.6) is 5.75 Å². The van der Waals surface area contributed by atoms with E-state index in [0.29, 0.717) is 32.7 Å². The van der Waals surface area contributed by atoms with Gasteiger partial charge in [-0.15, -0.1) is 13.2 Å². The van der Waals surface area contributed by atoms with Crippen molar-refractivity contribution in [1.29, 1.82) is 0 Å². The molecule has 1 saturated heterocycles. The fraction of sp³-hybridized carbons (Fsp3) is 0.381. The van der Waals surface area contributed by atoms with Crippen LogP contribution in [0.3, 0.4) is 0 Å². The number of rotatable bonds is 7. The molecule has 0 radical (unpaired) electrons. The van der Waals surface area contributed by atoms with Gasteiger partial charge in [0, 0.05) is 38.8 Å². The first-order valence-corrected chi connectivity index (χ1v) is 9.98. The van der Waals surface area contributed by atoms with Crippen LogP contribution in [0.4, 0.5) is 24.5 Å². The largest absolute Gasteiger partial charge is 0.573 e. The molecular formula is C21H23F3N4O4. The molecule has 1 N–H and O–H groups in total. The first-order chi connectivity index (χ1) is 15.1. The molecule has 1 amide bonds. The molecule has 3 rings (SSSR count). The number of halogens is 3. The summed E-state index contributed by atoms with van der Waals surface area (Å²) in [4.78, 5) is 27.3. The fourth-order valence-electron chi connectivity index (χ4n) is 3.51. The lowest BCUT2D eigenvalue weighted by Gasteiger charge is -2.37. The molecule has 1 unspecified atom stereocenters. The highest BCUT2D eigenvalue weighted by molar-refractivity contribution is 5.96. The van der Waals surface area contributed by atoms with E-state index >= 15 is 0 Å². The second-order valence-electron chi connectivity index (χ2n) is 7.44. The number of carbonyl (C=O) groups excluding carboxylic acids is 1. The minimum atomic E-state index is -4.72. The van der Waals surface area contributed by atoms with Crippen molar-refractivity contribution in [3.05, 3.63) is 64.2 Å². The van der Waals surface area contributed by atoms with Gasteiger partial charge in [-0.2, -0.15) is 0 Å². The molecule has 8 nitrogen and oxygen atoms in total. The summed E-state index contributed by atoms with van der Waals surface area (Å²) >= 11 is 0. The van der Waals surface area contributed by atoms with Crippen molar-refractivity contribution in [2.75, 3.05) is 31.5 Å². The zero-order valence-electron chi connectivity index (χ0n) is 17.3. The molecule has 0 bridgehead atoms. The molecule has 0 spiro atoms. The molecule has 1 aliphatic heterocycles. The summed E-state index contributed by atoms with van der Waals surface area (Å²) in [6, 6.07) is 11.3. The third kappa shape index (κ3) is 6.41. The highest BCUT2D eigenvalue weighted by Crippen LogP contribution is 2.25. The van der Waals surface area contributed by atoms with Crippen LogP contribution in [0.1, 0.15) is 12.5 Å². The van der Waals surface area contributed by atoms with Gasteiger partial charge in [-0.25, -0.2) is 0 Å². The highest BCUT2D eigenvalue weighted by Gasteiger charge is 2.31. The average molecular weight is 452 g/mol. The molecule has 0 aromatic heterocycles. The van der Waals surface area contributed by atoms with Crippen molar-refractivity contribution in [2.24, 2.45) is 0 Å². The van der Waals surface area contributed by atoms with Gasteiger partial charge in [0.1, 0.15) is 11.4 Å². The normalized spacial score (nSPS) is 16.4. The van der Waals surface area contributed by atoms with Gasteiger partial charge in [0.05, 0.1) is 11.0 Å². The van der Waals surface area contributed by atoms with Gasteiger partial charge >= 0.3 is 6.36 Å². The Morgan fingerprint density at radius 2 is 1.75 bits per heavy atom. The summed E-state index contributed by atoms with van der Waals surface area (Å²) in [5.74, 6) is -0.586. The van der Waals surface area contributed by atoms with E-state index in [1.54, 1.807) is 25.1 Å². The molecule has 0 saturated carbocycles. The van der Waals surface area contributed by atoms with E-state index in [-0.39, 0.29) is 23.0 Å². The first-order valence-electron chi connectivity index (χ1n) is 9.98. The molecule has 1 fully saturated rings. The molecule has 2 aromatic carbocycles. The zero-order chi connectivity index (χ0) is 23.3. The summed E-state index contributed by atoms with van der Waals surface area (Å²) in [5.41, 5.74) is 0.852. The van der Waals surface area contributed by atoms with Gasteiger partial charge in [-0.05, 0) is 30.7 Å². The van der Waals surface area contributed by atoms with E-state index in [2.05, 4.69) is 15.0 Å². The van der Waals surface area contributed by atoms with Gasteiger partial charge in [0.25, 0.3) is 5.69 Å². The molecule has 11 heteroatoms. The van der Waals surface area contributed by atoms with Crippen LogP contribution in [0.2, 0.25) is 0 Å². The number of hydrogen-bond acceptors (Lipinski definition) is 6. The Bertz CT molecular complexity index is 945. The maximum absolute atomic E-state index is 12.6. The Labute approximate surface area is 182 Å². The monoisotopic (exact) mass is 452 g/mol. The van der Waals surface area contributed by atoms with Crippen LogP contribution in [-0.4, -0.2) is 59.2 Å². The van der Waals surface area contributed by atoms with Crippen LogP contribution in [0.15, 0.2) is 48.5 Å². The maximum Gasteiger partial charge on any atom is 0.573 e. The van der Waals surface area contributed by atoms with Crippen molar-refractivity contribution in [2.45, 2.75) is 25.9 Å². The average Bonchev–Trinajstić information content (AvgIpc) is 2.74. The summed E-state index contributed by atoms with van der Waals surface area (Å²) in [7, 11) is 0. The molecule has 1 aliphatic rings. The van der Waals surface area contributed by atoms with E-state index in [0.717, 1.165) is 5.56 Å². The topological polar surface area (TPSA) is 87.9 Å². The molecule has 1 heterocycles. The van der Waals surface area contributed by atoms with Crippen LogP contribution >= 0.6 is 0 Å². The number of amides is 1. The Morgan fingerprint density at radius 3 is 2.34 bits per heavy atom. The number of hydrogen-bond donors (Lipinski definition) is 1. The Balaban J connectivity index is 1.50. The molecule has 0 aliphatic carbocycles. The number of piperazine rings is 1. The number of nitro benzene ring substituents is 1. The number of alkyl halides is 3. The fourth-order valence-corrected chi connectivity index (χ4v) is 3.51. The summed E-state index contributed by atoms with van der Waals surface area (Å²) in [5, 5.41) is 13.8. The van der Waals surface area contributed by atoms with Gasteiger partial charge in [0.15, 0.2) is 0 Å².